The highest BCUT2D eigenvalue weighted by Gasteiger charge is 2.16. The Morgan fingerprint density at radius 3 is 0.871 bits per heavy atom. The van der Waals surface area contributed by atoms with Gasteiger partial charge in [-0.3, -0.25) is 9.59 Å². The molecule has 0 aliphatic rings. The van der Waals surface area contributed by atoms with Gasteiger partial charge < -0.3 is 14.6 Å². The summed E-state index contributed by atoms with van der Waals surface area (Å²) in [6, 6.07) is 0. The van der Waals surface area contributed by atoms with Crippen molar-refractivity contribution in [2.24, 2.45) is 0 Å². The molecule has 0 radical (unpaired) electrons. The lowest BCUT2D eigenvalue weighted by Crippen LogP contribution is -2.28. The minimum Gasteiger partial charge on any atom is -0.462 e. The van der Waals surface area contributed by atoms with Gasteiger partial charge >= 0.3 is 11.9 Å². The smallest absolute Gasteiger partial charge is 0.306 e. The van der Waals surface area contributed by atoms with Crippen LogP contribution in [0.1, 0.15) is 361 Å². The van der Waals surface area contributed by atoms with Gasteiger partial charge in [-0.05, 0) is 44.9 Å². The number of rotatable bonds is 60. The zero-order valence-corrected chi connectivity index (χ0v) is 47.6. The number of esters is 2. The van der Waals surface area contributed by atoms with Crippen molar-refractivity contribution >= 4 is 11.9 Å². The lowest BCUT2D eigenvalue weighted by molar-refractivity contribution is -0.161. The zero-order chi connectivity index (χ0) is 50.6. The van der Waals surface area contributed by atoms with E-state index < -0.39 is 6.10 Å². The van der Waals surface area contributed by atoms with Crippen LogP contribution in [0.5, 0.6) is 0 Å². The van der Waals surface area contributed by atoms with Crippen LogP contribution in [0.15, 0.2) is 24.3 Å². The molecule has 0 heterocycles. The third kappa shape index (κ3) is 58.9. The number of unbranched alkanes of at least 4 members (excludes halogenated alkanes) is 48. The predicted octanol–water partition coefficient (Wildman–Crippen LogP) is 21.7. The Morgan fingerprint density at radius 2 is 0.571 bits per heavy atom. The molecule has 0 aliphatic carbocycles. The molecule has 414 valence electrons. The van der Waals surface area contributed by atoms with Gasteiger partial charge in [0.2, 0.25) is 0 Å². The Hall–Kier alpha value is -1.62. The van der Waals surface area contributed by atoms with Gasteiger partial charge in [0.05, 0.1) is 6.61 Å². The van der Waals surface area contributed by atoms with Crippen LogP contribution in [0.3, 0.4) is 0 Å². The number of carbonyl (C=O) groups excluding carboxylic acids is 2. The first-order chi connectivity index (χ1) is 34.6. The molecule has 1 N–H and O–H groups in total. The highest BCUT2D eigenvalue weighted by molar-refractivity contribution is 5.70. The van der Waals surface area contributed by atoms with Crippen molar-refractivity contribution in [2.45, 2.75) is 367 Å². The molecular formula is C65H124O5. The van der Waals surface area contributed by atoms with Crippen LogP contribution in [0, 0.1) is 0 Å². The molecule has 1 atom stereocenters. The predicted molar refractivity (Wildman–Crippen MR) is 307 cm³/mol. The first kappa shape index (κ1) is 68.4. The van der Waals surface area contributed by atoms with Crippen LogP contribution < -0.4 is 0 Å². The molecule has 0 saturated heterocycles. The maximum atomic E-state index is 12.3. The lowest BCUT2D eigenvalue weighted by Gasteiger charge is -2.15. The van der Waals surface area contributed by atoms with Crippen LogP contribution >= 0.6 is 0 Å². The van der Waals surface area contributed by atoms with E-state index in [2.05, 4.69) is 38.2 Å². The third-order valence-electron chi connectivity index (χ3n) is 14.7. The van der Waals surface area contributed by atoms with Crippen LogP contribution in [-0.2, 0) is 19.1 Å². The topological polar surface area (TPSA) is 72.8 Å². The van der Waals surface area contributed by atoms with Crippen molar-refractivity contribution in [1.29, 1.82) is 0 Å². The summed E-state index contributed by atoms with van der Waals surface area (Å²) < 4.78 is 10.7. The molecule has 0 aromatic rings. The van der Waals surface area contributed by atoms with E-state index in [1.54, 1.807) is 0 Å². The summed E-state index contributed by atoms with van der Waals surface area (Å²) in [6.07, 6.45) is 79.2. The van der Waals surface area contributed by atoms with Crippen molar-refractivity contribution in [1.82, 2.24) is 0 Å². The molecular weight excluding hydrogens is 861 g/mol. The molecule has 0 aliphatic heterocycles. The molecule has 0 amide bonds. The standard InChI is InChI=1S/C65H124O5/c1-3-5-7-9-11-13-15-17-19-21-22-23-24-25-26-27-28-29-30-31-32-33-34-35-36-37-38-39-40-41-42-44-45-47-49-51-53-55-57-59-64(67)69-62-63(61-66)70-65(68)60-58-56-54-52-50-48-46-43-20-18-16-14-12-10-8-6-4-2/h12,14,18,20,63,66H,3-11,13,15-17,19,21-62H2,1-2H3/b14-12-,20-18-. The molecule has 0 bridgehead atoms. The summed E-state index contributed by atoms with van der Waals surface area (Å²) in [4.78, 5) is 24.5. The lowest BCUT2D eigenvalue weighted by atomic mass is 10.0. The fourth-order valence-electron chi connectivity index (χ4n) is 9.94. The molecule has 5 heteroatoms. The van der Waals surface area contributed by atoms with Crippen LogP contribution in [0.2, 0.25) is 0 Å². The molecule has 0 aromatic heterocycles. The SMILES string of the molecule is CCCCC/C=C\C/C=C\CCCCCCCCCC(=O)OC(CO)COC(=O)CCCCCCCCCCCCCCCCCCCCCCCCCCCCCCCCCCCCCCCCC. The Labute approximate surface area is 438 Å². The van der Waals surface area contributed by atoms with Crippen molar-refractivity contribution in [3.05, 3.63) is 24.3 Å². The maximum Gasteiger partial charge on any atom is 0.306 e. The van der Waals surface area contributed by atoms with E-state index in [-0.39, 0.29) is 25.2 Å². The first-order valence-corrected chi connectivity index (χ1v) is 31.9. The normalized spacial score (nSPS) is 12.2. The maximum absolute atomic E-state index is 12.3. The van der Waals surface area contributed by atoms with E-state index in [1.165, 1.54) is 289 Å². The number of aliphatic hydroxyl groups is 1. The van der Waals surface area contributed by atoms with Crippen LogP contribution in [-0.4, -0.2) is 36.4 Å². The van der Waals surface area contributed by atoms with Crippen LogP contribution in [0.4, 0.5) is 0 Å². The summed E-state index contributed by atoms with van der Waals surface area (Å²) >= 11 is 0. The van der Waals surface area contributed by atoms with E-state index in [0.29, 0.717) is 12.8 Å². The number of ether oxygens (including phenoxy) is 2. The van der Waals surface area contributed by atoms with Gasteiger partial charge in [-0.1, -0.05) is 327 Å². The largest absolute Gasteiger partial charge is 0.462 e. The van der Waals surface area contributed by atoms with Gasteiger partial charge in [0.15, 0.2) is 6.10 Å². The summed E-state index contributed by atoms with van der Waals surface area (Å²) in [6.45, 7) is 4.16. The van der Waals surface area contributed by atoms with Gasteiger partial charge in [-0.2, -0.15) is 0 Å². The molecule has 0 fully saturated rings. The van der Waals surface area contributed by atoms with Gasteiger partial charge in [-0.15, -0.1) is 0 Å². The summed E-state index contributed by atoms with van der Waals surface area (Å²) in [7, 11) is 0. The number of allylic oxidation sites excluding steroid dienone is 4. The number of carbonyl (C=O) groups is 2. The Morgan fingerprint density at radius 1 is 0.329 bits per heavy atom. The second kappa shape index (κ2) is 61.7. The minimum absolute atomic E-state index is 0.0637. The molecule has 70 heavy (non-hydrogen) atoms. The molecule has 0 rings (SSSR count). The van der Waals surface area contributed by atoms with Gasteiger partial charge in [0.1, 0.15) is 6.61 Å². The van der Waals surface area contributed by atoms with Crippen LogP contribution in [0.25, 0.3) is 0 Å². The van der Waals surface area contributed by atoms with E-state index in [4.69, 9.17) is 9.47 Å². The van der Waals surface area contributed by atoms with E-state index in [0.717, 1.165) is 44.9 Å². The number of hydrogen-bond acceptors (Lipinski definition) is 5. The van der Waals surface area contributed by atoms with Crippen molar-refractivity contribution in [2.75, 3.05) is 13.2 Å². The Bertz CT molecular complexity index is 1070. The fourth-order valence-corrected chi connectivity index (χ4v) is 9.94. The second-order valence-corrected chi connectivity index (χ2v) is 21.9. The van der Waals surface area contributed by atoms with E-state index >= 15 is 0 Å². The van der Waals surface area contributed by atoms with Crippen molar-refractivity contribution in [3.8, 4) is 0 Å². The third-order valence-corrected chi connectivity index (χ3v) is 14.7. The zero-order valence-electron chi connectivity index (χ0n) is 47.6. The molecule has 1 unspecified atom stereocenters. The minimum atomic E-state index is -0.773. The highest BCUT2D eigenvalue weighted by atomic mass is 16.6. The average Bonchev–Trinajstić information content (AvgIpc) is 3.36. The van der Waals surface area contributed by atoms with Gasteiger partial charge in [0, 0.05) is 12.8 Å². The molecule has 5 nitrogen and oxygen atoms in total. The molecule has 0 saturated carbocycles. The Balaban J connectivity index is 3.34. The summed E-state index contributed by atoms with van der Waals surface area (Å²) in [5, 5.41) is 9.65. The summed E-state index contributed by atoms with van der Waals surface area (Å²) in [5.41, 5.74) is 0. The fraction of sp³-hybridized carbons (Fsp3) is 0.908. The summed E-state index contributed by atoms with van der Waals surface area (Å²) in [5.74, 6) is -0.581. The number of hydrogen-bond donors (Lipinski definition) is 1. The monoisotopic (exact) mass is 985 g/mol. The number of aliphatic hydroxyl groups excluding tert-OH is 1. The first-order valence-electron chi connectivity index (χ1n) is 31.9. The van der Waals surface area contributed by atoms with E-state index in [1.807, 2.05) is 0 Å². The average molecular weight is 986 g/mol. The molecule has 0 aromatic carbocycles. The Kier molecular flexibility index (Phi) is 60.3. The second-order valence-electron chi connectivity index (χ2n) is 21.9. The van der Waals surface area contributed by atoms with Crippen molar-refractivity contribution < 1.29 is 24.2 Å². The highest BCUT2D eigenvalue weighted by Crippen LogP contribution is 2.19. The van der Waals surface area contributed by atoms with Gasteiger partial charge in [-0.25, -0.2) is 0 Å². The van der Waals surface area contributed by atoms with Crippen molar-refractivity contribution in [3.63, 3.8) is 0 Å². The molecule has 0 spiro atoms. The quantitative estimate of drug-likeness (QED) is 0.0373. The van der Waals surface area contributed by atoms with Gasteiger partial charge in [0.25, 0.3) is 0 Å². The van der Waals surface area contributed by atoms with E-state index in [9.17, 15) is 14.7 Å².